The predicted octanol–water partition coefficient (Wildman–Crippen LogP) is 0.444. The maximum atomic E-state index is 13.7. The van der Waals surface area contributed by atoms with E-state index < -0.39 is 21.7 Å². The van der Waals surface area contributed by atoms with Crippen molar-refractivity contribution in [1.82, 2.24) is 10.2 Å². The van der Waals surface area contributed by atoms with Crippen LogP contribution in [0, 0.1) is 5.82 Å². The number of aromatic nitrogens is 2. The lowest BCUT2D eigenvalue weighted by Crippen LogP contribution is -2.21. The molecule has 5 N–H and O–H groups in total. The van der Waals surface area contributed by atoms with Gasteiger partial charge in [0.15, 0.2) is 10.9 Å². The van der Waals surface area contributed by atoms with Gasteiger partial charge >= 0.3 is 0 Å². The minimum absolute atomic E-state index is 0.157. The van der Waals surface area contributed by atoms with Crippen molar-refractivity contribution in [3.05, 3.63) is 41.8 Å². The molecule has 1 aromatic carbocycles. The van der Waals surface area contributed by atoms with Crippen LogP contribution in [0.4, 0.5) is 10.1 Å². The lowest BCUT2D eigenvalue weighted by Gasteiger charge is -2.11. The van der Waals surface area contributed by atoms with Gasteiger partial charge in [-0.1, -0.05) is 11.2 Å². The van der Waals surface area contributed by atoms with Crippen molar-refractivity contribution in [1.29, 1.82) is 0 Å². The van der Waals surface area contributed by atoms with Crippen molar-refractivity contribution < 1.29 is 18.0 Å². The van der Waals surface area contributed by atoms with Crippen molar-refractivity contribution in [2.75, 3.05) is 4.72 Å². The smallest absolute Gasteiger partial charge is 0.278 e. The van der Waals surface area contributed by atoms with E-state index in [1.54, 1.807) is 0 Å². The molecule has 0 unspecified atom stereocenters. The third-order valence-corrected chi connectivity index (χ3v) is 3.68. The van der Waals surface area contributed by atoms with Gasteiger partial charge in [-0.05, 0) is 18.2 Å². The van der Waals surface area contributed by atoms with E-state index in [-0.39, 0.29) is 16.3 Å². The van der Waals surface area contributed by atoms with Gasteiger partial charge in [-0.15, -0.1) is 0 Å². The molecular weight excluding hydrogens is 289 g/mol. The topological polar surface area (TPSA) is 133 Å². The van der Waals surface area contributed by atoms with Gasteiger partial charge in [0.1, 0.15) is 5.82 Å². The molecule has 106 valence electrons. The molecule has 0 saturated carbocycles. The standard InChI is InChI=1S/C10H10FN5O3S/c11-6-2-1-3-7(9(6)10(12)15-17)16-20(18,19)8-4-5-13-14-8/h1-5,16-17H,(H2,12,15)(H,13,14). The number of benzene rings is 1. The Labute approximate surface area is 113 Å². The van der Waals surface area contributed by atoms with Gasteiger partial charge in [0, 0.05) is 0 Å². The minimum Gasteiger partial charge on any atom is -0.409 e. The summed E-state index contributed by atoms with van der Waals surface area (Å²) < 4.78 is 39.8. The number of nitrogens with zero attached hydrogens (tertiary/aromatic N) is 2. The summed E-state index contributed by atoms with van der Waals surface area (Å²) in [6.45, 7) is 0. The van der Waals surface area contributed by atoms with E-state index >= 15 is 0 Å². The Morgan fingerprint density at radius 3 is 2.80 bits per heavy atom. The van der Waals surface area contributed by atoms with Crippen LogP contribution < -0.4 is 10.5 Å². The summed E-state index contributed by atoms with van der Waals surface area (Å²) in [4.78, 5) is 0. The van der Waals surface area contributed by atoms with Crippen LogP contribution in [0.2, 0.25) is 0 Å². The molecule has 1 aromatic heterocycles. The maximum absolute atomic E-state index is 13.7. The van der Waals surface area contributed by atoms with Crippen molar-refractivity contribution in [2.24, 2.45) is 10.9 Å². The van der Waals surface area contributed by atoms with E-state index in [1.807, 2.05) is 0 Å². The Bertz CT molecular complexity index is 742. The fourth-order valence-corrected chi connectivity index (χ4v) is 2.49. The first-order valence-electron chi connectivity index (χ1n) is 5.24. The van der Waals surface area contributed by atoms with Crippen LogP contribution in [0.1, 0.15) is 5.56 Å². The molecule has 0 aliphatic heterocycles. The maximum Gasteiger partial charge on any atom is 0.278 e. The van der Waals surface area contributed by atoms with Crippen LogP contribution in [0.15, 0.2) is 40.6 Å². The van der Waals surface area contributed by atoms with E-state index in [0.29, 0.717) is 0 Å². The minimum atomic E-state index is -3.98. The van der Waals surface area contributed by atoms with Gasteiger partial charge in [-0.2, -0.15) is 13.5 Å². The number of halogens is 1. The van der Waals surface area contributed by atoms with E-state index in [1.165, 1.54) is 24.4 Å². The van der Waals surface area contributed by atoms with E-state index in [0.717, 1.165) is 6.07 Å². The molecule has 1 heterocycles. The Kier molecular flexibility index (Phi) is 3.57. The van der Waals surface area contributed by atoms with Gasteiger partial charge in [0.05, 0.1) is 17.4 Å². The van der Waals surface area contributed by atoms with Crippen molar-refractivity contribution in [2.45, 2.75) is 5.03 Å². The molecular formula is C10H10FN5O3S. The van der Waals surface area contributed by atoms with E-state index in [4.69, 9.17) is 10.9 Å². The van der Waals surface area contributed by atoms with Crippen molar-refractivity contribution >= 4 is 21.5 Å². The highest BCUT2D eigenvalue weighted by Crippen LogP contribution is 2.21. The summed E-state index contributed by atoms with van der Waals surface area (Å²) in [5.41, 5.74) is 4.83. The second-order valence-corrected chi connectivity index (χ2v) is 5.32. The molecule has 2 rings (SSSR count). The highest BCUT2D eigenvalue weighted by atomic mass is 32.2. The number of aromatic amines is 1. The molecule has 0 radical (unpaired) electrons. The summed E-state index contributed by atoms with van der Waals surface area (Å²) in [6.07, 6.45) is 1.25. The molecule has 2 aromatic rings. The van der Waals surface area contributed by atoms with Crippen molar-refractivity contribution in [3.63, 3.8) is 0 Å². The Morgan fingerprint density at radius 1 is 1.45 bits per heavy atom. The number of nitrogens with one attached hydrogen (secondary N) is 2. The number of hydrogen-bond donors (Lipinski definition) is 4. The number of rotatable bonds is 4. The Balaban J connectivity index is 2.48. The molecule has 0 bridgehead atoms. The fraction of sp³-hybridized carbons (Fsp3) is 0. The molecule has 0 spiro atoms. The first-order valence-corrected chi connectivity index (χ1v) is 6.72. The monoisotopic (exact) mass is 299 g/mol. The lowest BCUT2D eigenvalue weighted by molar-refractivity contribution is 0.318. The first-order chi connectivity index (χ1) is 9.45. The van der Waals surface area contributed by atoms with Gasteiger partial charge in [-0.25, -0.2) is 4.39 Å². The average molecular weight is 299 g/mol. The third kappa shape index (κ3) is 2.54. The van der Waals surface area contributed by atoms with Crippen LogP contribution in [0.5, 0.6) is 0 Å². The number of nitrogens with two attached hydrogens (primary N) is 1. The van der Waals surface area contributed by atoms with Gasteiger partial charge in [0.2, 0.25) is 0 Å². The number of sulfonamides is 1. The summed E-state index contributed by atoms with van der Waals surface area (Å²) >= 11 is 0. The van der Waals surface area contributed by atoms with Crippen LogP contribution in [0.3, 0.4) is 0 Å². The SMILES string of the molecule is N/C(=N/O)c1c(F)cccc1NS(=O)(=O)c1ccn[nH]1. The van der Waals surface area contributed by atoms with E-state index in [9.17, 15) is 12.8 Å². The largest absolute Gasteiger partial charge is 0.409 e. The zero-order chi connectivity index (χ0) is 14.8. The number of oxime groups is 1. The summed E-state index contributed by atoms with van der Waals surface area (Å²) in [5, 5.41) is 16.9. The molecule has 20 heavy (non-hydrogen) atoms. The number of hydrogen-bond acceptors (Lipinski definition) is 5. The summed E-state index contributed by atoms with van der Waals surface area (Å²) in [6, 6.07) is 4.85. The summed E-state index contributed by atoms with van der Waals surface area (Å²) in [7, 11) is -3.98. The number of H-pyrrole nitrogens is 1. The average Bonchev–Trinajstić information content (AvgIpc) is 2.92. The fourth-order valence-electron chi connectivity index (χ4n) is 1.51. The molecule has 0 aliphatic carbocycles. The van der Waals surface area contributed by atoms with Gasteiger partial charge < -0.3 is 10.9 Å². The molecule has 0 atom stereocenters. The first kappa shape index (κ1) is 13.8. The van der Waals surface area contributed by atoms with Crippen molar-refractivity contribution in [3.8, 4) is 0 Å². The number of anilines is 1. The van der Waals surface area contributed by atoms with Gasteiger partial charge in [-0.3, -0.25) is 9.82 Å². The van der Waals surface area contributed by atoms with E-state index in [2.05, 4.69) is 20.1 Å². The second-order valence-electron chi connectivity index (χ2n) is 3.67. The zero-order valence-corrected chi connectivity index (χ0v) is 10.7. The van der Waals surface area contributed by atoms with Crippen LogP contribution in [0.25, 0.3) is 0 Å². The number of amidine groups is 1. The molecule has 0 saturated heterocycles. The molecule has 0 aliphatic rings. The second kappa shape index (κ2) is 5.17. The molecule has 0 amide bonds. The normalized spacial score (nSPS) is 12.3. The third-order valence-electron chi connectivity index (χ3n) is 2.39. The highest BCUT2D eigenvalue weighted by molar-refractivity contribution is 7.92. The quantitative estimate of drug-likeness (QED) is 0.281. The van der Waals surface area contributed by atoms with Crippen LogP contribution in [-0.4, -0.2) is 29.7 Å². The predicted molar refractivity (Wildman–Crippen MR) is 68.3 cm³/mol. The highest BCUT2D eigenvalue weighted by Gasteiger charge is 2.20. The molecule has 0 fully saturated rings. The summed E-state index contributed by atoms with van der Waals surface area (Å²) in [5.74, 6) is -1.38. The Hall–Kier alpha value is -2.62. The lowest BCUT2D eigenvalue weighted by atomic mass is 10.1. The Morgan fingerprint density at radius 2 is 2.20 bits per heavy atom. The molecule has 8 nitrogen and oxygen atoms in total. The van der Waals surface area contributed by atoms with Crippen LogP contribution in [-0.2, 0) is 10.0 Å². The van der Waals surface area contributed by atoms with Gasteiger partial charge in [0.25, 0.3) is 10.0 Å². The zero-order valence-electron chi connectivity index (χ0n) is 9.91. The molecule has 10 heteroatoms. The van der Waals surface area contributed by atoms with Crippen LogP contribution >= 0.6 is 0 Å².